The van der Waals surface area contributed by atoms with E-state index in [4.69, 9.17) is 10.7 Å². The Balaban J connectivity index is 1.98. The lowest BCUT2D eigenvalue weighted by Gasteiger charge is -2.15. The van der Waals surface area contributed by atoms with Crippen molar-refractivity contribution in [2.75, 3.05) is 13.1 Å². The third-order valence-electron chi connectivity index (χ3n) is 2.99. The van der Waals surface area contributed by atoms with Crippen LogP contribution in [0.25, 0.3) is 0 Å². The molecule has 1 aliphatic rings. The molecule has 0 aromatic carbocycles. The molecule has 1 aromatic heterocycles. The molecule has 2 rings (SSSR count). The first-order valence-corrected chi connectivity index (χ1v) is 6.76. The zero-order chi connectivity index (χ0) is 11.8. The molecule has 0 spiro atoms. The number of nitrogens with zero attached hydrogens (tertiary/aromatic N) is 2. The van der Waals surface area contributed by atoms with E-state index in [1.807, 2.05) is 0 Å². The van der Waals surface area contributed by atoms with Gasteiger partial charge in [0.15, 0.2) is 0 Å². The topological polar surface area (TPSA) is 42.1 Å². The monoisotopic (exact) mass is 239 g/mol. The Labute approximate surface area is 102 Å². The fourth-order valence-corrected chi connectivity index (χ4v) is 2.99. The molecule has 1 fully saturated rings. The number of thiazole rings is 1. The molecule has 0 amide bonds. The van der Waals surface area contributed by atoms with Gasteiger partial charge in [-0.1, -0.05) is 20.8 Å². The van der Waals surface area contributed by atoms with E-state index in [1.165, 1.54) is 10.7 Å². The molecule has 1 aromatic rings. The van der Waals surface area contributed by atoms with E-state index in [2.05, 4.69) is 31.1 Å². The maximum atomic E-state index is 5.89. The van der Waals surface area contributed by atoms with Crippen LogP contribution in [0.5, 0.6) is 0 Å². The number of rotatable bonds is 2. The second kappa shape index (κ2) is 4.43. The van der Waals surface area contributed by atoms with Crippen molar-refractivity contribution in [2.45, 2.75) is 45.2 Å². The first-order valence-electron chi connectivity index (χ1n) is 5.88. The Hall–Kier alpha value is -0.450. The molecule has 90 valence electrons. The summed E-state index contributed by atoms with van der Waals surface area (Å²) in [7, 11) is 0. The maximum absolute atomic E-state index is 5.89. The summed E-state index contributed by atoms with van der Waals surface area (Å²) in [4.78, 5) is 7.10. The summed E-state index contributed by atoms with van der Waals surface area (Å²) in [6.45, 7) is 9.72. The van der Waals surface area contributed by atoms with E-state index >= 15 is 0 Å². The highest BCUT2D eigenvalue weighted by Crippen LogP contribution is 2.25. The van der Waals surface area contributed by atoms with Gasteiger partial charge in [-0.2, -0.15) is 0 Å². The summed E-state index contributed by atoms with van der Waals surface area (Å²) in [5.74, 6) is 0. The second-order valence-electron chi connectivity index (χ2n) is 5.66. The predicted molar refractivity (Wildman–Crippen MR) is 68.7 cm³/mol. The van der Waals surface area contributed by atoms with Gasteiger partial charge in [0, 0.05) is 29.9 Å². The first kappa shape index (κ1) is 12.0. The van der Waals surface area contributed by atoms with Crippen LogP contribution < -0.4 is 5.73 Å². The van der Waals surface area contributed by atoms with Gasteiger partial charge in [-0.05, 0) is 6.42 Å². The fraction of sp³-hybridized carbons (Fsp3) is 0.750. The maximum Gasteiger partial charge on any atom is 0.107 e. The normalized spacial score (nSPS) is 22.9. The van der Waals surface area contributed by atoms with Crippen LogP contribution in [0, 0.1) is 0 Å². The molecule has 16 heavy (non-hydrogen) atoms. The van der Waals surface area contributed by atoms with Gasteiger partial charge in [0.1, 0.15) is 5.01 Å². The minimum absolute atomic E-state index is 0.163. The molecule has 1 saturated heterocycles. The van der Waals surface area contributed by atoms with E-state index in [-0.39, 0.29) is 5.41 Å². The zero-order valence-electron chi connectivity index (χ0n) is 10.4. The fourth-order valence-electron chi connectivity index (χ4n) is 1.93. The van der Waals surface area contributed by atoms with Gasteiger partial charge in [-0.25, -0.2) is 4.98 Å². The van der Waals surface area contributed by atoms with Crippen molar-refractivity contribution in [2.24, 2.45) is 5.73 Å². The molecule has 2 heterocycles. The highest BCUT2D eigenvalue weighted by molar-refractivity contribution is 7.09. The molecule has 3 nitrogen and oxygen atoms in total. The summed E-state index contributed by atoms with van der Waals surface area (Å²) in [6, 6.07) is 0.363. The molecule has 1 aliphatic heterocycles. The molecule has 0 unspecified atom stereocenters. The summed E-state index contributed by atoms with van der Waals surface area (Å²) >= 11 is 1.77. The smallest absolute Gasteiger partial charge is 0.107 e. The molecule has 0 bridgehead atoms. The second-order valence-corrected chi connectivity index (χ2v) is 6.60. The van der Waals surface area contributed by atoms with Gasteiger partial charge in [0.2, 0.25) is 0 Å². The van der Waals surface area contributed by atoms with Crippen LogP contribution in [-0.2, 0) is 12.0 Å². The average Bonchev–Trinajstić information content (AvgIpc) is 2.74. The van der Waals surface area contributed by atoms with Gasteiger partial charge in [0.05, 0.1) is 12.2 Å². The largest absolute Gasteiger partial charge is 0.326 e. The summed E-state index contributed by atoms with van der Waals surface area (Å²) in [5.41, 5.74) is 7.26. The Morgan fingerprint density at radius 2 is 2.31 bits per heavy atom. The van der Waals surface area contributed by atoms with Crippen molar-refractivity contribution in [3.05, 3.63) is 16.1 Å². The van der Waals surface area contributed by atoms with Crippen molar-refractivity contribution >= 4 is 11.3 Å². The first-order chi connectivity index (χ1) is 7.45. The van der Waals surface area contributed by atoms with E-state index in [0.29, 0.717) is 6.04 Å². The van der Waals surface area contributed by atoms with E-state index in [1.54, 1.807) is 11.3 Å². The van der Waals surface area contributed by atoms with Crippen LogP contribution in [-0.4, -0.2) is 29.0 Å². The molecule has 1 atom stereocenters. The van der Waals surface area contributed by atoms with Crippen molar-refractivity contribution in [1.29, 1.82) is 0 Å². The number of hydrogen-bond donors (Lipinski definition) is 1. The number of hydrogen-bond acceptors (Lipinski definition) is 4. The Bertz CT molecular complexity index is 353. The van der Waals surface area contributed by atoms with Crippen LogP contribution in [0.2, 0.25) is 0 Å². The lowest BCUT2D eigenvalue weighted by atomic mass is 9.93. The highest BCUT2D eigenvalue weighted by atomic mass is 32.1. The van der Waals surface area contributed by atoms with Crippen LogP contribution in [0.1, 0.15) is 37.9 Å². The lowest BCUT2D eigenvalue weighted by molar-refractivity contribution is 0.325. The van der Waals surface area contributed by atoms with Gasteiger partial charge >= 0.3 is 0 Å². The quantitative estimate of drug-likeness (QED) is 0.858. The number of nitrogens with two attached hydrogens (primary N) is 1. The molecule has 0 aliphatic carbocycles. The van der Waals surface area contributed by atoms with Crippen LogP contribution in [0.15, 0.2) is 5.38 Å². The van der Waals surface area contributed by atoms with Crippen LogP contribution in [0.3, 0.4) is 0 Å². The Morgan fingerprint density at radius 1 is 1.56 bits per heavy atom. The predicted octanol–water partition coefficient (Wildman–Crippen LogP) is 1.97. The number of likely N-dealkylation sites (tertiary alicyclic amines) is 1. The lowest BCUT2D eigenvalue weighted by Crippen LogP contribution is -2.26. The SMILES string of the molecule is CC(C)(C)c1csc(CN2CC[C@H](N)C2)n1. The minimum atomic E-state index is 0.163. The van der Waals surface area contributed by atoms with Crippen LogP contribution in [0.4, 0.5) is 0 Å². The van der Waals surface area contributed by atoms with Crippen molar-refractivity contribution in [3.63, 3.8) is 0 Å². The Morgan fingerprint density at radius 3 is 2.81 bits per heavy atom. The van der Waals surface area contributed by atoms with Gasteiger partial charge in [-0.15, -0.1) is 11.3 Å². The van der Waals surface area contributed by atoms with Crippen molar-refractivity contribution < 1.29 is 0 Å². The average molecular weight is 239 g/mol. The van der Waals surface area contributed by atoms with E-state index < -0.39 is 0 Å². The number of aromatic nitrogens is 1. The highest BCUT2D eigenvalue weighted by Gasteiger charge is 2.22. The van der Waals surface area contributed by atoms with E-state index in [0.717, 1.165) is 26.1 Å². The van der Waals surface area contributed by atoms with Crippen LogP contribution >= 0.6 is 11.3 Å². The molecule has 0 saturated carbocycles. The minimum Gasteiger partial charge on any atom is -0.326 e. The van der Waals surface area contributed by atoms with E-state index in [9.17, 15) is 0 Å². The Kier molecular flexibility index (Phi) is 3.33. The van der Waals surface area contributed by atoms with Gasteiger partial charge in [-0.3, -0.25) is 4.90 Å². The standard InChI is InChI=1S/C12H21N3S/c1-12(2,3)10-8-16-11(14-10)7-15-5-4-9(13)6-15/h8-9H,4-7,13H2,1-3H3/t9-/m0/s1. The molecular weight excluding hydrogens is 218 g/mol. The van der Waals surface area contributed by atoms with Crippen molar-refractivity contribution in [3.8, 4) is 0 Å². The molecular formula is C12H21N3S. The summed E-state index contributed by atoms with van der Waals surface area (Å²) in [5, 5.41) is 3.41. The third-order valence-corrected chi connectivity index (χ3v) is 3.82. The van der Waals surface area contributed by atoms with Gasteiger partial charge in [0.25, 0.3) is 0 Å². The molecule has 0 radical (unpaired) electrons. The third kappa shape index (κ3) is 2.81. The molecule has 2 N–H and O–H groups in total. The van der Waals surface area contributed by atoms with Crippen molar-refractivity contribution in [1.82, 2.24) is 9.88 Å². The molecule has 4 heteroatoms. The zero-order valence-corrected chi connectivity index (χ0v) is 11.2. The summed E-state index contributed by atoms with van der Waals surface area (Å²) in [6.07, 6.45) is 1.12. The van der Waals surface area contributed by atoms with Gasteiger partial charge < -0.3 is 5.73 Å². The summed E-state index contributed by atoms with van der Waals surface area (Å²) < 4.78 is 0.